The number of β-amino-alcohol motifs (C(OH)–C–C–N with tert-alkyl or cyclic N) is 1. The number of benzene rings is 1. The number of amidine groups is 1. The molecule has 1 aromatic carbocycles. The zero-order chi connectivity index (χ0) is 25.6. The zero-order valence-electron chi connectivity index (χ0n) is 20.7. The van der Waals surface area contributed by atoms with Crippen LogP contribution in [-0.2, 0) is 15.1 Å². The Hall–Kier alpha value is -2.98. The normalized spacial score (nSPS) is 27.8. The number of aryl methyl sites for hydroxylation is 1. The molecule has 9 nitrogen and oxygen atoms in total. The van der Waals surface area contributed by atoms with E-state index in [-0.39, 0.29) is 24.2 Å². The Kier molecular flexibility index (Phi) is 6.50. The third kappa shape index (κ3) is 4.16. The highest BCUT2D eigenvalue weighted by molar-refractivity contribution is 7.13. The highest BCUT2D eigenvalue weighted by Crippen LogP contribution is 2.34. The van der Waals surface area contributed by atoms with E-state index in [4.69, 9.17) is 0 Å². The van der Waals surface area contributed by atoms with Crippen LogP contribution in [0.15, 0.2) is 34.8 Å². The van der Waals surface area contributed by atoms with E-state index in [0.29, 0.717) is 32.4 Å². The fourth-order valence-corrected chi connectivity index (χ4v) is 6.29. The van der Waals surface area contributed by atoms with Gasteiger partial charge >= 0.3 is 0 Å². The summed E-state index contributed by atoms with van der Waals surface area (Å²) in [7, 11) is 2.14. The first-order valence-electron chi connectivity index (χ1n) is 12.4. The van der Waals surface area contributed by atoms with E-state index in [2.05, 4.69) is 15.3 Å². The SMILES string of the molecule is BBC(=O)N1CCCC1C(=O)N1CC(O)CC1C1=NC(=O)C(C)(c2ccc(-c3scnc3C)cc2)N1. The van der Waals surface area contributed by atoms with E-state index in [1.54, 1.807) is 35.8 Å². The van der Waals surface area contributed by atoms with Crippen molar-refractivity contribution in [3.63, 3.8) is 0 Å². The molecule has 12 heteroatoms. The Morgan fingerprint density at radius 3 is 2.69 bits per heavy atom. The van der Waals surface area contributed by atoms with Crippen molar-refractivity contribution < 1.29 is 19.5 Å². The second-order valence-corrected chi connectivity index (χ2v) is 10.7. The lowest BCUT2D eigenvalue weighted by Crippen LogP contribution is -2.54. The van der Waals surface area contributed by atoms with E-state index in [1.807, 2.05) is 36.7 Å². The highest BCUT2D eigenvalue weighted by atomic mass is 32.1. The summed E-state index contributed by atoms with van der Waals surface area (Å²) >= 11 is 1.57. The van der Waals surface area contributed by atoms with Crippen LogP contribution in [0.1, 0.15) is 37.4 Å². The van der Waals surface area contributed by atoms with Gasteiger partial charge in [0.15, 0.2) is 13.0 Å². The van der Waals surface area contributed by atoms with Gasteiger partial charge in [0.2, 0.25) is 5.91 Å². The number of aliphatic hydroxyl groups excluding tert-OH is 1. The average molecular weight is 505 g/mol. The predicted octanol–water partition coefficient (Wildman–Crippen LogP) is 0.393. The van der Waals surface area contributed by atoms with Crippen molar-refractivity contribution in [2.75, 3.05) is 13.1 Å². The molecule has 3 aliphatic rings. The van der Waals surface area contributed by atoms with E-state index in [1.165, 1.54) is 0 Å². The summed E-state index contributed by atoms with van der Waals surface area (Å²) in [5.74, 6) is -0.179. The van der Waals surface area contributed by atoms with Crippen LogP contribution >= 0.6 is 11.3 Å². The Morgan fingerprint density at radius 1 is 1.28 bits per heavy atom. The Labute approximate surface area is 215 Å². The number of nitrogens with one attached hydrogen (secondary N) is 1. The van der Waals surface area contributed by atoms with Gasteiger partial charge in [0.05, 0.1) is 36.0 Å². The van der Waals surface area contributed by atoms with Crippen molar-refractivity contribution in [3.05, 3.63) is 41.0 Å². The maximum Gasteiger partial charge on any atom is 0.277 e. The van der Waals surface area contributed by atoms with Crippen molar-refractivity contribution in [1.82, 2.24) is 20.1 Å². The van der Waals surface area contributed by atoms with Gasteiger partial charge in [-0.2, -0.15) is 4.99 Å². The third-order valence-electron chi connectivity index (χ3n) is 7.54. The van der Waals surface area contributed by atoms with Crippen LogP contribution in [-0.4, -0.2) is 89.5 Å². The van der Waals surface area contributed by atoms with Crippen molar-refractivity contribution >= 4 is 49.7 Å². The fraction of sp³-hybridized carbons (Fsp3) is 0.458. The highest BCUT2D eigenvalue weighted by Gasteiger charge is 2.49. The Morgan fingerprint density at radius 2 is 2.03 bits per heavy atom. The molecule has 0 radical (unpaired) electrons. The fourth-order valence-electron chi connectivity index (χ4n) is 5.48. The van der Waals surface area contributed by atoms with Crippen LogP contribution in [0, 0.1) is 6.92 Å². The Balaban J connectivity index is 1.36. The maximum atomic E-state index is 13.5. The van der Waals surface area contributed by atoms with Crippen LogP contribution in [0.3, 0.4) is 0 Å². The number of carbonyl (C=O) groups is 3. The summed E-state index contributed by atoms with van der Waals surface area (Å²) in [6.07, 6.45) is 0.949. The van der Waals surface area contributed by atoms with Gasteiger partial charge in [0.1, 0.15) is 17.4 Å². The number of hydrogen-bond donors (Lipinski definition) is 2. The van der Waals surface area contributed by atoms with Gasteiger partial charge in [0.25, 0.3) is 5.91 Å². The predicted molar refractivity (Wildman–Crippen MR) is 142 cm³/mol. The zero-order valence-corrected chi connectivity index (χ0v) is 21.5. The van der Waals surface area contributed by atoms with Crippen molar-refractivity contribution in [1.29, 1.82) is 0 Å². The van der Waals surface area contributed by atoms with Gasteiger partial charge in [-0.1, -0.05) is 24.3 Å². The first-order chi connectivity index (χ1) is 17.2. The number of aromatic nitrogens is 1. The molecular formula is C24H29B2N5O4S. The molecule has 2 N–H and O–H groups in total. The molecule has 4 heterocycles. The van der Waals surface area contributed by atoms with Gasteiger partial charge in [-0.25, -0.2) is 4.98 Å². The quantitative estimate of drug-likeness (QED) is 0.569. The number of nitrogens with zero attached hydrogens (tertiary/aromatic N) is 4. The van der Waals surface area contributed by atoms with E-state index >= 15 is 0 Å². The number of carbonyl (C=O) groups excluding carboxylic acids is 3. The third-order valence-corrected chi connectivity index (χ3v) is 8.51. The molecule has 2 aromatic rings. The smallest absolute Gasteiger partial charge is 0.277 e. The lowest BCUT2D eigenvalue weighted by molar-refractivity contribution is -0.135. The first-order valence-corrected chi connectivity index (χ1v) is 13.3. The number of thiazole rings is 1. The minimum atomic E-state index is -1.07. The van der Waals surface area contributed by atoms with Crippen LogP contribution in [0.2, 0.25) is 0 Å². The van der Waals surface area contributed by atoms with Crippen LogP contribution in [0.5, 0.6) is 0 Å². The lowest BCUT2D eigenvalue weighted by atomic mass is 9.55. The van der Waals surface area contributed by atoms with E-state index in [0.717, 1.165) is 28.1 Å². The van der Waals surface area contributed by atoms with Gasteiger partial charge in [-0.3, -0.25) is 14.4 Å². The van der Waals surface area contributed by atoms with Crippen molar-refractivity contribution in [2.24, 2.45) is 4.99 Å². The minimum absolute atomic E-state index is 0.0433. The van der Waals surface area contributed by atoms with Crippen molar-refractivity contribution in [2.45, 2.75) is 56.8 Å². The summed E-state index contributed by atoms with van der Waals surface area (Å²) < 4.78 is 0. The molecule has 4 unspecified atom stereocenters. The average Bonchev–Trinajstić information content (AvgIpc) is 3.66. The minimum Gasteiger partial charge on any atom is -0.391 e. The maximum absolute atomic E-state index is 13.5. The summed E-state index contributed by atoms with van der Waals surface area (Å²) in [6, 6.07) is 6.70. The largest absolute Gasteiger partial charge is 0.391 e. The molecule has 0 aliphatic carbocycles. The van der Waals surface area contributed by atoms with Crippen LogP contribution in [0.25, 0.3) is 10.4 Å². The second-order valence-electron chi connectivity index (χ2n) is 9.89. The molecule has 0 saturated carbocycles. The summed E-state index contributed by atoms with van der Waals surface area (Å²) in [6.45, 7) is 4.48. The summed E-state index contributed by atoms with van der Waals surface area (Å²) in [5, 5.41) is 13.7. The molecule has 3 aliphatic heterocycles. The molecule has 186 valence electrons. The number of aliphatic imine (C=N–C) groups is 1. The molecule has 36 heavy (non-hydrogen) atoms. The van der Waals surface area contributed by atoms with E-state index < -0.39 is 23.7 Å². The number of aliphatic hydroxyl groups is 1. The molecule has 0 spiro atoms. The number of hydrogen-bond acceptors (Lipinski definition) is 7. The number of likely N-dealkylation sites (tertiary alicyclic amines) is 2. The topological polar surface area (TPSA) is 115 Å². The molecule has 1 aromatic heterocycles. The molecule has 3 amide bonds. The van der Waals surface area contributed by atoms with Crippen LogP contribution in [0.4, 0.5) is 4.79 Å². The van der Waals surface area contributed by atoms with Crippen LogP contribution < -0.4 is 5.32 Å². The monoisotopic (exact) mass is 505 g/mol. The summed E-state index contributed by atoms with van der Waals surface area (Å²) in [4.78, 5) is 52.0. The molecule has 2 saturated heterocycles. The molecular weight excluding hydrogens is 476 g/mol. The molecule has 4 atom stereocenters. The standard InChI is InChI=1S/C24H29B2N5O4S/c1-13-19(36-12-27-13)14-5-7-15(8-6-14)24(2)22(34)28-20(29-24)18-10-16(32)11-31(18)21(33)17-4-3-9-30(17)23(35)26-25/h5-8,12,16-18,26,32H,3-4,9-11,25H2,1-2H3,(H,28,29,34). The number of rotatable bonds is 5. The van der Waals surface area contributed by atoms with E-state index in [9.17, 15) is 19.5 Å². The van der Waals surface area contributed by atoms with Gasteiger partial charge in [0, 0.05) is 19.5 Å². The Bertz CT molecular complexity index is 1240. The van der Waals surface area contributed by atoms with Gasteiger partial charge in [-0.05, 0) is 37.8 Å². The second kappa shape index (κ2) is 9.48. The number of amides is 3. The summed E-state index contributed by atoms with van der Waals surface area (Å²) in [5.41, 5.74) is 3.51. The van der Waals surface area contributed by atoms with Gasteiger partial charge < -0.3 is 20.2 Å². The molecule has 0 bridgehead atoms. The van der Waals surface area contributed by atoms with Gasteiger partial charge in [-0.15, -0.1) is 11.3 Å². The van der Waals surface area contributed by atoms with Crippen molar-refractivity contribution in [3.8, 4) is 10.4 Å². The lowest BCUT2D eigenvalue weighted by Gasteiger charge is -2.32. The molecule has 2 fully saturated rings. The molecule has 5 rings (SSSR count). The first kappa shape index (κ1) is 24.7.